The summed E-state index contributed by atoms with van der Waals surface area (Å²) in [7, 11) is 0. The molecular weight excluding hydrogens is 781 g/mol. The van der Waals surface area contributed by atoms with E-state index < -0.39 is 6.10 Å². The summed E-state index contributed by atoms with van der Waals surface area (Å²) in [5.74, 6) is 1.65. The molecule has 0 aromatic carbocycles. The second-order valence-electron chi connectivity index (χ2n) is 20.8. The predicted molar refractivity (Wildman–Crippen MR) is 270 cm³/mol. The van der Waals surface area contributed by atoms with E-state index in [1.54, 1.807) is 0 Å². The molecule has 0 fully saturated rings. The molecule has 0 saturated heterocycles. The molecule has 374 valence electrons. The van der Waals surface area contributed by atoms with E-state index in [9.17, 15) is 14.4 Å². The highest BCUT2D eigenvalue weighted by atomic mass is 16.6. The van der Waals surface area contributed by atoms with E-state index in [1.807, 2.05) is 0 Å². The van der Waals surface area contributed by atoms with Gasteiger partial charge in [-0.1, -0.05) is 273 Å². The first-order valence-corrected chi connectivity index (χ1v) is 28.1. The van der Waals surface area contributed by atoms with Gasteiger partial charge in [0.15, 0.2) is 6.10 Å². The maximum absolute atomic E-state index is 12.8. The number of unbranched alkanes of at least 4 members (excludes halogenated alkanes) is 32. The normalized spacial score (nSPS) is 12.6. The van der Waals surface area contributed by atoms with Crippen molar-refractivity contribution in [2.45, 2.75) is 317 Å². The molecule has 0 aromatic heterocycles. The summed E-state index contributed by atoms with van der Waals surface area (Å²) < 4.78 is 16.8. The van der Waals surface area contributed by atoms with Crippen LogP contribution in [-0.2, 0) is 28.6 Å². The zero-order chi connectivity index (χ0) is 46.3. The Morgan fingerprint density at radius 2 is 0.556 bits per heavy atom. The van der Waals surface area contributed by atoms with Crippen LogP contribution < -0.4 is 0 Å². The van der Waals surface area contributed by atoms with Gasteiger partial charge < -0.3 is 14.2 Å². The molecular formula is C57H110O6. The smallest absolute Gasteiger partial charge is 0.306 e. The van der Waals surface area contributed by atoms with Gasteiger partial charge in [0.25, 0.3) is 0 Å². The third kappa shape index (κ3) is 49.7. The summed E-state index contributed by atoms with van der Waals surface area (Å²) >= 11 is 0. The molecule has 6 nitrogen and oxygen atoms in total. The summed E-state index contributed by atoms with van der Waals surface area (Å²) in [5.41, 5.74) is 0. The lowest BCUT2D eigenvalue weighted by atomic mass is 9.99. The van der Waals surface area contributed by atoms with Gasteiger partial charge >= 0.3 is 17.9 Å². The Morgan fingerprint density at radius 1 is 0.317 bits per heavy atom. The summed E-state index contributed by atoms with van der Waals surface area (Å²) in [6, 6.07) is 0. The molecule has 0 aliphatic rings. The number of hydrogen-bond donors (Lipinski definition) is 0. The van der Waals surface area contributed by atoms with Crippen LogP contribution in [-0.4, -0.2) is 37.2 Å². The summed E-state index contributed by atoms with van der Waals surface area (Å²) in [4.78, 5) is 38.0. The van der Waals surface area contributed by atoms with E-state index in [4.69, 9.17) is 14.2 Å². The molecule has 0 bridgehead atoms. The maximum Gasteiger partial charge on any atom is 0.306 e. The zero-order valence-corrected chi connectivity index (χ0v) is 43.4. The standard InChI is InChI=1S/C57H110O6/c1-7-53(6)45-39-33-27-21-16-14-12-10-8-9-11-13-15-17-22-28-34-40-46-55(58)61-49-54(63-57(60)48-42-36-30-24-26-32-38-44-52(4)5)50-62-56(59)47-41-35-29-23-19-18-20-25-31-37-43-51(2)3/h51-54H,7-50H2,1-6H3/t53?,54-/m1/s1. The first-order chi connectivity index (χ1) is 30.6. The van der Waals surface area contributed by atoms with Gasteiger partial charge in [0.05, 0.1) is 0 Å². The van der Waals surface area contributed by atoms with Gasteiger partial charge in [-0.3, -0.25) is 14.4 Å². The predicted octanol–water partition coefficient (Wildman–Crippen LogP) is 18.3. The molecule has 0 aromatic rings. The number of carbonyl (C=O) groups excluding carboxylic acids is 3. The van der Waals surface area contributed by atoms with Gasteiger partial charge in [-0.05, 0) is 37.0 Å². The Hall–Kier alpha value is -1.59. The van der Waals surface area contributed by atoms with Crippen molar-refractivity contribution in [1.29, 1.82) is 0 Å². The molecule has 0 spiro atoms. The van der Waals surface area contributed by atoms with E-state index in [-0.39, 0.29) is 31.1 Å². The Bertz CT molecular complexity index is 978. The molecule has 0 heterocycles. The first-order valence-electron chi connectivity index (χ1n) is 28.1. The van der Waals surface area contributed by atoms with Crippen LogP contribution in [0.1, 0.15) is 311 Å². The van der Waals surface area contributed by atoms with E-state index in [2.05, 4.69) is 41.5 Å². The fraction of sp³-hybridized carbons (Fsp3) is 0.947. The van der Waals surface area contributed by atoms with Gasteiger partial charge in [-0.2, -0.15) is 0 Å². The van der Waals surface area contributed by atoms with Crippen LogP contribution in [0.4, 0.5) is 0 Å². The summed E-state index contributed by atoms with van der Waals surface area (Å²) in [6.45, 7) is 13.7. The monoisotopic (exact) mass is 891 g/mol. The van der Waals surface area contributed by atoms with E-state index >= 15 is 0 Å². The number of ether oxygens (including phenoxy) is 3. The SMILES string of the molecule is CCC(C)CCCCCCCCCCCCCCCCCCCCC(=O)OC[C@H](COC(=O)CCCCCCCCCCCCC(C)C)OC(=O)CCCCCCCCCC(C)C. The fourth-order valence-corrected chi connectivity index (χ4v) is 8.61. The fourth-order valence-electron chi connectivity index (χ4n) is 8.61. The van der Waals surface area contributed by atoms with Crippen molar-refractivity contribution in [1.82, 2.24) is 0 Å². The minimum absolute atomic E-state index is 0.0648. The second kappa shape index (κ2) is 48.3. The summed E-state index contributed by atoms with van der Waals surface area (Å²) in [5, 5.41) is 0. The number of carbonyl (C=O) groups is 3. The highest BCUT2D eigenvalue weighted by Crippen LogP contribution is 2.19. The van der Waals surface area contributed by atoms with Crippen molar-refractivity contribution in [3.05, 3.63) is 0 Å². The van der Waals surface area contributed by atoms with Crippen molar-refractivity contribution in [2.24, 2.45) is 17.8 Å². The molecule has 0 amide bonds. The first kappa shape index (κ1) is 61.4. The van der Waals surface area contributed by atoms with Crippen molar-refractivity contribution in [3.63, 3.8) is 0 Å². The summed E-state index contributed by atoms with van der Waals surface area (Å²) in [6.07, 6.45) is 49.6. The third-order valence-corrected chi connectivity index (χ3v) is 13.3. The molecule has 2 atom stereocenters. The largest absolute Gasteiger partial charge is 0.462 e. The number of esters is 3. The topological polar surface area (TPSA) is 78.9 Å². The second-order valence-corrected chi connectivity index (χ2v) is 20.8. The van der Waals surface area contributed by atoms with E-state index in [1.165, 1.54) is 193 Å². The lowest BCUT2D eigenvalue weighted by molar-refractivity contribution is -0.167. The molecule has 6 heteroatoms. The molecule has 0 N–H and O–H groups in total. The maximum atomic E-state index is 12.8. The minimum atomic E-state index is -0.763. The highest BCUT2D eigenvalue weighted by Gasteiger charge is 2.19. The zero-order valence-electron chi connectivity index (χ0n) is 43.4. The lowest BCUT2D eigenvalue weighted by Gasteiger charge is -2.18. The van der Waals surface area contributed by atoms with Crippen LogP contribution in [0.5, 0.6) is 0 Å². The highest BCUT2D eigenvalue weighted by molar-refractivity contribution is 5.71. The van der Waals surface area contributed by atoms with Crippen molar-refractivity contribution in [3.8, 4) is 0 Å². The number of hydrogen-bond acceptors (Lipinski definition) is 6. The van der Waals surface area contributed by atoms with Crippen molar-refractivity contribution >= 4 is 17.9 Å². The van der Waals surface area contributed by atoms with Crippen molar-refractivity contribution < 1.29 is 28.6 Å². The molecule has 0 rings (SSSR count). The Morgan fingerprint density at radius 3 is 0.825 bits per heavy atom. The molecule has 0 aliphatic heterocycles. The molecule has 0 aliphatic carbocycles. The number of rotatable bonds is 50. The van der Waals surface area contributed by atoms with E-state index in [0.717, 1.165) is 75.5 Å². The Balaban J connectivity index is 4.18. The van der Waals surface area contributed by atoms with Gasteiger partial charge in [-0.25, -0.2) is 0 Å². The molecule has 1 unspecified atom stereocenters. The third-order valence-electron chi connectivity index (χ3n) is 13.3. The van der Waals surface area contributed by atoms with Gasteiger partial charge in [0, 0.05) is 19.3 Å². The van der Waals surface area contributed by atoms with E-state index in [0.29, 0.717) is 19.3 Å². The van der Waals surface area contributed by atoms with Crippen LogP contribution >= 0.6 is 0 Å². The van der Waals surface area contributed by atoms with Crippen LogP contribution in [0, 0.1) is 17.8 Å². The average molecular weight is 892 g/mol. The molecule has 0 saturated carbocycles. The van der Waals surface area contributed by atoms with Crippen LogP contribution in [0.3, 0.4) is 0 Å². The average Bonchev–Trinajstić information content (AvgIpc) is 3.25. The Labute approximate surface area is 393 Å². The minimum Gasteiger partial charge on any atom is -0.462 e. The van der Waals surface area contributed by atoms with Gasteiger partial charge in [0.1, 0.15) is 13.2 Å². The lowest BCUT2D eigenvalue weighted by Crippen LogP contribution is -2.30. The quantitative estimate of drug-likeness (QED) is 0.0344. The van der Waals surface area contributed by atoms with Crippen molar-refractivity contribution in [2.75, 3.05) is 13.2 Å². The van der Waals surface area contributed by atoms with Crippen LogP contribution in [0.25, 0.3) is 0 Å². The van der Waals surface area contributed by atoms with Crippen LogP contribution in [0.15, 0.2) is 0 Å². The molecule has 63 heavy (non-hydrogen) atoms. The molecule has 0 radical (unpaired) electrons. The van der Waals surface area contributed by atoms with Gasteiger partial charge in [-0.15, -0.1) is 0 Å². The van der Waals surface area contributed by atoms with Crippen LogP contribution in [0.2, 0.25) is 0 Å². The Kier molecular flexibility index (Phi) is 47.1. The van der Waals surface area contributed by atoms with Gasteiger partial charge in [0.2, 0.25) is 0 Å².